The fraction of sp³-hybridized carbons (Fsp3) is 0.531. The van der Waals surface area contributed by atoms with E-state index >= 15 is 4.39 Å². The number of benzene rings is 1. The standard InChI is InChI=1S/C32H42FIN4O3/c1-7-25(34)28(22(3)36-26-13-8-9-18-40-26)35-20-21(2)38-16-14-32(15-17-38)19-23-11-10-12-24(33)27(23)29(32)37-30(39)41-31(4,5)6/h10-12,20,26,29,36H,1,3,8-9,13-19H2,2,4-6H3,(H,37,39)/b21-20+,35-28?/t26?,29-/m1/s1. The highest BCUT2D eigenvalue weighted by molar-refractivity contribution is 14.1. The number of allylic oxidation sites excluding steroid dienone is 2. The summed E-state index contributed by atoms with van der Waals surface area (Å²) in [7, 11) is 0. The molecule has 2 saturated heterocycles. The molecule has 0 bridgehead atoms. The maximum absolute atomic E-state index is 15.1. The van der Waals surface area contributed by atoms with Crippen molar-refractivity contribution in [1.82, 2.24) is 15.5 Å². The third kappa shape index (κ3) is 7.62. The number of rotatable bonds is 7. The van der Waals surface area contributed by atoms with Crippen LogP contribution in [-0.2, 0) is 15.9 Å². The number of likely N-dealkylation sites (tertiary alicyclic amines) is 1. The Morgan fingerprint density at radius 3 is 2.66 bits per heavy atom. The third-order valence-corrected chi connectivity index (χ3v) is 8.94. The van der Waals surface area contributed by atoms with Crippen LogP contribution in [0, 0.1) is 11.2 Å². The molecule has 1 aromatic rings. The topological polar surface area (TPSA) is 75.2 Å². The smallest absolute Gasteiger partial charge is 0.408 e. The van der Waals surface area contributed by atoms with Gasteiger partial charge < -0.3 is 25.0 Å². The number of carbonyl (C=O) groups excluding carboxylic acids is 1. The van der Waals surface area contributed by atoms with Gasteiger partial charge in [0.25, 0.3) is 0 Å². The summed E-state index contributed by atoms with van der Waals surface area (Å²) in [5.41, 5.74) is 5.94. The van der Waals surface area contributed by atoms with Crippen molar-refractivity contribution >= 4 is 34.4 Å². The Balaban J connectivity index is 1.49. The quantitative estimate of drug-likeness (QED) is 0.184. The fourth-order valence-corrected chi connectivity index (χ4v) is 6.44. The first kappa shape index (κ1) is 31.3. The molecule has 2 aliphatic heterocycles. The van der Waals surface area contributed by atoms with Gasteiger partial charge in [0.2, 0.25) is 0 Å². The zero-order valence-electron chi connectivity index (χ0n) is 24.6. The number of hydrogen-bond donors (Lipinski definition) is 2. The highest BCUT2D eigenvalue weighted by atomic mass is 127. The summed E-state index contributed by atoms with van der Waals surface area (Å²) in [5, 5.41) is 6.40. The average molecular weight is 677 g/mol. The second-order valence-electron chi connectivity index (χ2n) is 12.1. The van der Waals surface area contributed by atoms with E-state index in [1.807, 2.05) is 40.0 Å². The predicted molar refractivity (Wildman–Crippen MR) is 169 cm³/mol. The van der Waals surface area contributed by atoms with E-state index in [1.165, 1.54) is 6.07 Å². The summed E-state index contributed by atoms with van der Waals surface area (Å²) in [5.74, 6) is -0.279. The van der Waals surface area contributed by atoms with Gasteiger partial charge in [0.05, 0.1) is 15.3 Å². The lowest BCUT2D eigenvalue weighted by atomic mass is 9.72. The van der Waals surface area contributed by atoms with Crippen molar-refractivity contribution in [1.29, 1.82) is 0 Å². The van der Waals surface area contributed by atoms with Crippen LogP contribution in [0.2, 0.25) is 0 Å². The van der Waals surface area contributed by atoms with Crippen molar-refractivity contribution in [2.45, 2.75) is 84.1 Å². The molecule has 3 aliphatic rings. The number of fused-ring (bicyclic) bond motifs is 1. The summed E-state index contributed by atoms with van der Waals surface area (Å²) < 4.78 is 27.2. The molecule has 1 spiro atoms. The molecule has 2 N–H and O–H groups in total. The third-order valence-electron chi connectivity index (χ3n) is 8.05. The van der Waals surface area contributed by atoms with Crippen LogP contribution < -0.4 is 10.6 Å². The van der Waals surface area contributed by atoms with Crippen molar-refractivity contribution in [2.24, 2.45) is 10.4 Å². The molecule has 7 nitrogen and oxygen atoms in total. The number of hydrogen-bond acceptors (Lipinski definition) is 6. The minimum atomic E-state index is -0.637. The van der Waals surface area contributed by atoms with Crippen LogP contribution in [0.15, 0.2) is 63.3 Å². The number of ether oxygens (including phenoxy) is 2. The first-order chi connectivity index (χ1) is 19.4. The molecule has 1 aliphatic carbocycles. The molecule has 4 rings (SSSR count). The summed E-state index contributed by atoms with van der Waals surface area (Å²) in [6.45, 7) is 17.8. The SMILES string of the molecule is C=C=C(I)C(=N/C=C(\C)N1CCC2(CC1)Cc1cccc(F)c1[C@H]2NC(=O)OC(C)(C)C)C(=C)NC1CCCCO1. The molecule has 41 heavy (non-hydrogen) atoms. The Morgan fingerprint density at radius 2 is 2.02 bits per heavy atom. The second kappa shape index (κ2) is 13.1. The largest absolute Gasteiger partial charge is 0.444 e. The summed E-state index contributed by atoms with van der Waals surface area (Å²) in [6, 6.07) is 4.75. The van der Waals surface area contributed by atoms with Crippen LogP contribution in [0.5, 0.6) is 0 Å². The molecular formula is C32H42FIN4O3. The van der Waals surface area contributed by atoms with Gasteiger partial charge in [-0.2, -0.15) is 0 Å². The van der Waals surface area contributed by atoms with Crippen LogP contribution in [-0.4, -0.2) is 48.2 Å². The van der Waals surface area contributed by atoms with Crippen LogP contribution in [0.25, 0.3) is 0 Å². The van der Waals surface area contributed by atoms with Crippen LogP contribution in [0.1, 0.15) is 77.0 Å². The number of halogens is 2. The lowest BCUT2D eigenvalue weighted by molar-refractivity contribution is 0.00228. The number of nitrogens with one attached hydrogen (secondary N) is 2. The number of amides is 1. The Morgan fingerprint density at radius 1 is 1.29 bits per heavy atom. The number of piperidine rings is 1. The molecule has 222 valence electrons. The monoisotopic (exact) mass is 676 g/mol. The number of nitrogens with zero attached hydrogens (tertiary/aromatic N) is 2. The minimum absolute atomic E-state index is 0.0681. The van der Waals surface area contributed by atoms with Crippen molar-refractivity contribution in [3.05, 3.63) is 75.2 Å². The highest BCUT2D eigenvalue weighted by Gasteiger charge is 2.50. The van der Waals surface area contributed by atoms with Crippen LogP contribution in [0.4, 0.5) is 9.18 Å². The van der Waals surface area contributed by atoms with Crippen molar-refractivity contribution in [2.75, 3.05) is 19.7 Å². The van der Waals surface area contributed by atoms with Gasteiger partial charge in [-0.25, -0.2) is 9.18 Å². The molecular weight excluding hydrogens is 634 g/mol. The maximum Gasteiger partial charge on any atom is 0.408 e. The Hall–Kier alpha value is -2.62. The molecule has 0 aromatic heterocycles. The van der Waals surface area contributed by atoms with E-state index in [0.29, 0.717) is 17.0 Å². The number of carbonyl (C=O) groups is 1. The van der Waals surface area contributed by atoms with Gasteiger partial charge in [0, 0.05) is 42.6 Å². The van der Waals surface area contributed by atoms with E-state index < -0.39 is 17.7 Å². The van der Waals surface area contributed by atoms with Gasteiger partial charge in [-0.15, -0.1) is 5.73 Å². The molecule has 2 fully saturated rings. The van der Waals surface area contributed by atoms with E-state index in [2.05, 4.69) is 57.0 Å². The zero-order valence-corrected chi connectivity index (χ0v) is 26.8. The predicted octanol–water partition coefficient (Wildman–Crippen LogP) is 7.07. The van der Waals surface area contributed by atoms with Gasteiger partial charge in [-0.1, -0.05) is 25.3 Å². The van der Waals surface area contributed by atoms with E-state index in [0.717, 1.165) is 73.1 Å². The van der Waals surface area contributed by atoms with E-state index in [9.17, 15) is 4.79 Å². The highest BCUT2D eigenvalue weighted by Crippen LogP contribution is 2.53. The second-order valence-corrected chi connectivity index (χ2v) is 13.2. The molecule has 0 radical (unpaired) electrons. The molecule has 1 aromatic carbocycles. The Bertz CT molecular complexity index is 1260. The summed E-state index contributed by atoms with van der Waals surface area (Å²) in [6.07, 6.45) is 6.70. The average Bonchev–Trinajstić information content (AvgIpc) is 3.21. The normalized spacial score (nSPS) is 22.5. The lowest BCUT2D eigenvalue weighted by Crippen LogP contribution is -2.47. The number of alkyl carbamates (subject to hydrolysis) is 1. The lowest BCUT2D eigenvalue weighted by Gasteiger charge is -2.44. The van der Waals surface area contributed by atoms with Crippen molar-refractivity contribution in [3.63, 3.8) is 0 Å². The first-order valence-corrected chi connectivity index (χ1v) is 15.4. The van der Waals surface area contributed by atoms with Crippen LogP contribution >= 0.6 is 22.6 Å². The molecule has 0 saturated carbocycles. The first-order valence-electron chi connectivity index (χ1n) is 14.3. The van der Waals surface area contributed by atoms with Gasteiger partial charge in [0.15, 0.2) is 0 Å². The van der Waals surface area contributed by atoms with Gasteiger partial charge >= 0.3 is 6.09 Å². The Kier molecular flexibility index (Phi) is 10.0. The van der Waals surface area contributed by atoms with Gasteiger partial charge in [-0.05, 0) is 100 Å². The van der Waals surface area contributed by atoms with Crippen LogP contribution in [0.3, 0.4) is 0 Å². The molecule has 2 heterocycles. The fourth-order valence-electron chi connectivity index (χ4n) is 5.98. The summed E-state index contributed by atoms with van der Waals surface area (Å²) in [4.78, 5) is 19.9. The van der Waals surface area contributed by atoms with E-state index in [-0.39, 0.29) is 17.5 Å². The zero-order chi connectivity index (χ0) is 29.8. The number of aliphatic imine (C=N–C) groups is 1. The molecule has 1 amide bonds. The summed E-state index contributed by atoms with van der Waals surface area (Å²) >= 11 is 2.17. The van der Waals surface area contributed by atoms with Gasteiger partial charge in [-0.3, -0.25) is 4.99 Å². The minimum Gasteiger partial charge on any atom is -0.444 e. The van der Waals surface area contributed by atoms with E-state index in [4.69, 9.17) is 14.5 Å². The van der Waals surface area contributed by atoms with E-state index in [1.54, 1.807) is 6.07 Å². The van der Waals surface area contributed by atoms with Crippen molar-refractivity contribution < 1.29 is 18.7 Å². The van der Waals surface area contributed by atoms with Gasteiger partial charge in [0.1, 0.15) is 23.4 Å². The molecule has 2 atom stereocenters. The maximum atomic E-state index is 15.1. The van der Waals surface area contributed by atoms with Crippen molar-refractivity contribution in [3.8, 4) is 0 Å². The molecule has 1 unspecified atom stereocenters. The molecule has 9 heteroatoms. The Labute approximate surface area is 257 Å².